The molecule has 11 aromatic rings. The zero-order valence-corrected chi connectivity index (χ0v) is 28.6. The summed E-state index contributed by atoms with van der Waals surface area (Å²) in [5.74, 6) is 0. The van der Waals surface area contributed by atoms with Crippen molar-refractivity contribution in [1.29, 1.82) is 0 Å². The zero-order chi connectivity index (χ0) is 34.9. The maximum absolute atomic E-state index is 6.60. The van der Waals surface area contributed by atoms with Gasteiger partial charge in [0, 0.05) is 39.4 Å². The molecule has 0 radical (unpaired) electrons. The Bertz CT molecular complexity index is 3140. The lowest BCUT2D eigenvalue weighted by atomic mass is 9.93. The Balaban J connectivity index is 1.12. The van der Waals surface area contributed by atoms with Crippen molar-refractivity contribution in [2.45, 2.75) is 0 Å². The smallest absolute Gasteiger partial charge is 0.161 e. The third-order valence-electron chi connectivity index (χ3n) is 10.6. The molecule has 0 aliphatic carbocycles. The summed E-state index contributed by atoms with van der Waals surface area (Å²) in [7, 11) is 0. The van der Waals surface area contributed by atoms with Crippen molar-refractivity contribution in [2.24, 2.45) is 0 Å². The fourth-order valence-electron chi connectivity index (χ4n) is 8.26. The van der Waals surface area contributed by atoms with E-state index in [1.807, 2.05) is 18.3 Å². The van der Waals surface area contributed by atoms with Crippen LogP contribution in [0.2, 0.25) is 0 Å². The number of pyridine rings is 1. The van der Waals surface area contributed by atoms with Crippen molar-refractivity contribution in [1.82, 2.24) is 9.55 Å². The van der Waals surface area contributed by atoms with E-state index in [9.17, 15) is 0 Å². The Labute approximate surface area is 305 Å². The minimum Gasteiger partial charge on any atom is -0.452 e. The van der Waals surface area contributed by atoms with Crippen LogP contribution in [0.15, 0.2) is 193 Å². The first-order valence-electron chi connectivity index (χ1n) is 18.0. The summed E-state index contributed by atoms with van der Waals surface area (Å²) in [6.07, 6.45) is 1.83. The number of benzene rings is 8. The molecule has 0 saturated carbocycles. The van der Waals surface area contributed by atoms with Gasteiger partial charge in [-0.05, 0) is 105 Å². The van der Waals surface area contributed by atoms with Gasteiger partial charge in [0.1, 0.15) is 5.52 Å². The van der Waals surface area contributed by atoms with E-state index in [0.717, 1.165) is 44.8 Å². The minimum absolute atomic E-state index is 0.771. The van der Waals surface area contributed by atoms with Crippen LogP contribution in [0.5, 0.6) is 0 Å². The van der Waals surface area contributed by atoms with Crippen molar-refractivity contribution in [3.63, 3.8) is 0 Å². The van der Waals surface area contributed by atoms with Gasteiger partial charge in [0.2, 0.25) is 0 Å². The van der Waals surface area contributed by atoms with E-state index >= 15 is 0 Å². The maximum atomic E-state index is 6.60. The van der Waals surface area contributed by atoms with Crippen LogP contribution in [-0.2, 0) is 0 Å². The summed E-state index contributed by atoms with van der Waals surface area (Å²) in [6, 6.07) is 65.0. The van der Waals surface area contributed by atoms with E-state index < -0.39 is 0 Å². The quantitative estimate of drug-likeness (QED) is 0.170. The third-order valence-corrected chi connectivity index (χ3v) is 10.6. The fraction of sp³-hybridized carbons (Fsp3) is 0. The number of para-hydroxylation sites is 3. The van der Waals surface area contributed by atoms with E-state index in [0.29, 0.717) is 0 Å². The second kappa shape index (κ2) is 11.7. The van der Waals surface area contributed by atoms with Crippen LogP contribution in [0.3, 0.4) is 0 Å². The van der Waals surface area contributed by atoms with Crippen molar-refractivity contribution in [3.8, 4) is 16.8 Å². The molecule has 53 heavy (non-hydrogen) atoms. The summed E-state index contributed by atoms with van der Waals surface area (Å²) >= 11 is 0. The van der Waals surface area contributed by atoms with Crippen LogP contribution in [0.25, 0.3) is 82.2 Å². The number of rotatable bonds is 5. The van der Waals surface area contributed by atoms with Gasteiger partial charge in [0.05, 0.1) is 16.7 Å². The minimum atomic E-state index is 0.771. The lowest BCUT2D eigenvalue weighted by Crippen LogP contribution is -2.11. The average Bonchev–Trinajstić information content (AvgIpc) is 3.78. The summed E-state index contributed by atoms with van der Waals surface area (Å²) in [6.45, 7) is 0. The topological polar surface area (TPSA) is 34.2 Å². The normalized spacial score (nSPS) is 11.8. The Morgan fingerprint density at radius 2 is 1.13 bits per heavy atom. The van der Waals surface area contributed by atoms with Gasteiger partial charge < -0.3 is 13.9 Å². The van der Waals surface area contributed by atoms with Crippen LogP contribution < -0.4 is 4.90 Å². The number of aromatic nitrogens is 2. The van der Waals surface area contributed by atoms with E-state index in [2.05, 4.69) is 179 Å². The predicted octanol–water partition coefficient (Wildman–Crippen LogP) is 13.5. The summed E-state index contributed by atoms with van der Waals surface area (Å²) in [5.41, 5.74) is 11.3. The molecule has 8 aromatic carbocycles. The fourth-order valence-corrected chi connectivity index (χ4v) is 8.26. The van der Waals surface area contributed by atoms with Gasteiger partial charge in [-0.1, -0.05) is 109 Å². The van der Waals surface area contributed by atoms with Gasteiger partial charge in [0.15, 0.2) is 11.2 Å². The summed E-state index contributed by atoms with van der Waals surface area (Å²) in [5, 5.41) is 8.47. The highest BCUT2D eigenvalue weighted by atomic mass is 16.3. The third kappa shape index (κ3) is 4.59. The van der Waals surface area contributed by atoms with E-state index in [4.69, 9.17) is 9.40 Å². The van der Waals surface area contributed by atoms with Crippen LogP contribution in [-0.4, -0.2) is 9.55 Å². The first-order chi connectivity index (χ1) is 26.3. The van der Waals surface area contributed by atoms with Crippen LogP contribution in [0, 0.1) is 0 Å². The van der Waals surface area contributed by atoms with Gasteiger partial charge in [-0.15, -0.1) is 0 Å². The van der Waals surface area contributed by atoms with Crippen LogP contribution in [0.4, 0.5) is 17.1 Å². The van der Waals surface area contributed by atoms with E-state index in [-0.39, 0.29) is 0 Å². The Morgan fingerprint density at radius 3 is 1.92 bits per heavy atom. The number of hydrogen-bond donors (Lipinski definition) is 0. The Morgan fingerprint density at radius 1 is 0.472 bits per heavy atom. The molecule has 0 aliphatic heterocycles. The Hall–Kier alpha value is -7.17. The van der Waals surface area contributed by atoms with Crippen molar-refractivity contribution in [2.75, 3.05) is 4.90 Å². The molecule has 0 atom stereocenters. The number of hydrogen-bond acceptors (Lipinski definition) is 3. The summed E-state index contributed by atoms with van der Waals surface area (Å²) in [4.78, 5) is 7.01. The van der Waals surface area contributed by atoms with Crippen LogP contribution >= 0.6 is 0 Å². The molecule has 4 nitrogen and oxygen atoms in total. The largest absolute Gasteiger partial charge is 0.452 e. The van der Waals surface area contributed by atoms with Gasteiger partial charge in [-0.25, -0.2) is 0 Å². The average molecular weight is 678 g/mol. The molecular formula is C49H31N3O. The molecular weight excluding hydrogens is 647 g/mol. The lowest BCUT2D eigenvalue weighted by molar-refractivity contribution is 0.668. The highest BCUT2D eigenvalue weighted by Gasteiger charge is 2.21. The molecule has 0 N–H and O–H groups in total. The standard InChI is InChI=1S/C49H31N3O/c1-2-15-37-33(12-1)30-43(39-17-4-3-16-38(37)39)32-25-27-34(28-26-32)51(46-23-10-20-42-48-47(53-49(42)46)24-11-29-50-48)35-13-9-14-36(31-35)52-44-21-7-5-18-40(44)41-19-6-8-22-45(41)52/h1-31H. The number of fused-ring (bicyclic) bond motifs is 9. The molecule has 0 bridgehead atoms. The SMILES string of the molecule is c1cc(N(c2ccc(-c3cc4ccccc4c4ccccc34)cc2)c2cccc3c2oc2cccnc23)cc(-n2c3ccccc3c3ccccc32)c1. The molecule has 4 heteroatoms. The molecule has 0 amide bonds. The van der Waals surface area contributed by atoms with Gasteiger partial charge in [0.25, 0.3) is 0 Å². The van der Waals surface area contributed by atoms with Gasteiger partial charge in [-0.3, -0.25) is 4.98 Å². The monoisotopic (exact) mass is 677 g/mol. The highest BCUT2D eigenvalue weighted by Crippen LogP contribution is 2.44. The molecule has 0 saturated heterocycles. The molecule has 248 valence electrons. The molecule has 0 spiro atoms. The number of nitrogens with zero attached hydrogens (tertiary/aromatic N) is 3. The molecule has 11 rings (SSSR count). The van der Waals surface area contributed by atoms with Gasteiger partial charge >= 0.3 is 0 Å². The van der Waals surface area contributed by atoms with E-state index in [1.54, 1.807) is 0 Å². The second-order valence-electron chi connectivity index (χ2n) is 13.6. The molecule has 0 aliphatic rings. The van der Waals surface area contributed by atoms with Gasteiger partial charge in [-0.2, -0.15) is 0 Å². The molecule has 3 heterocycles. The predicted molar refractivity (Wildman–Crippen MR) is 221 cm³/mol. The lowest BCUT2D eigenvalue weighted by Gasteiger charge is -2.26. The van der Waals surface area contributed by atoms with E-state index in [1.165, 1.54) is 54.5 Å². The van der Waals surface area contributed by atoms with Crippen molar-refractivity contribution in [3.05, 3.63) is 188 Å². The molecule has 0 fully saturated rings. The van der Waals surface area contributed by atoms with Crippen molar-refractivity contribution < 1.29 is 4.42 Å². The Kier molecular flexibility index (Phi) is 6.52. The second-order valence-corrected chi connectivity index (χ2v) is 13.6. The maximum Gasteiger partial charge on any atom is 0.161 e. The van der Waals surface area contributed by atoms with Crippen LogP contribution in [0.1, 0.15) is 0 Å². The zero-order valence-electron chi connectivity index (χ0n) is 28.6. The number of anilines is 3. The summed E-state index contributed by atoms with van der Waals surface area (Å²) < 4.78 is 8.97. The first-order valence-corrected chi connectivity index (χ1v) is 18.0. The molecule has 0 unspecified atom stereocenters. The number of furan rings is 1. The molecule has 3 aromatic heterocycles. The first kappa shape index (κ1) is 29.5. The highest BCUT2D eigenvalue weighted by molar-refractivity contribution is 6.14. The van der Waals surface area contributed by atoms with Crippen molar-refractivity contribution >= 4 is 82.5 Å².